The van der Waals surface area contributed by atoms with Gasteiger partial charge in [-0.25, -0.2) is 4.98 Å². The first kappa shape index (κ1) is 19.3. The van der Waals surface area contributed by atoms with Crippen LogP contribution in [0.4, 0.5) is 5.82 Å². The van der Waals surface area contributed by atoms with Crippen LogP contribution >= 0.6 is 12.4 Å². The molecule has 1 aliphatic heterocycles. The number of nitrogens with one attached hydrogen (secondary N) is 1. The zero-order valence-corrected chi connectivity index (χ0v) is 15.6. The van der Waals surface area contributed by atoms with Crippen LogP contribution in [-0.2, 0) is 13.1 Å². The van der Waals surface area contributed by atoms with E-state index in [-0.39, 0.29) is 12.4 Å². The molecule has 0 spiro atoms. The molecule has 2 heterocycles. The van der Waals surface area contributed by atoms with Gasteiger partial charge in [0.1, 0.15) is 5.82 Å². The van der Waals surface area contributed by atoms with E-state index in [4.69, 9.17) is 9.47 Å². The van der Waals surface area contributed by atoms with Gasteiger partial charge in [0.05, 0.1) is 14.2 Å². The highest BCUT2D eigenvalue weighted by Gasteiger charge is 2.13. The zero-order chi connectivity index (χ0) is 16.8. The molecule has 0 amide bonds. The Morgan fingerprint density at radius 1 is 1.04 bits per heavy atom. The SMILES string of the molecule is COc1cccc(CNCc2ccc(N3CCCC3)nc2)c1OC.Cl. The van der Waals surface area contributed by atoms with Crippen LogP contribution in [0.1, 0.15) is 24.0 Å². The van der Waals surface area contributed by atoms with Crippen LogP contribution in [0.15, 0.2) is 36.5 Å². The topological polar surface area (TPSA) is 46.6 Å². The molecule has 5 nitrogen and oxygen atoms in total. The lowest BCUT2D eigenvalue weighted by Gasteiger charge is -2.16. The van der Waals surface area contributed by atoms with E-state index in [9.17, 15) is 0 Å². The molecule has 2 aromatic rings. The van der Waals surface area contributed by atoms with Gasteiger partial charge in [-0.2, -0.15) is 0 Å². The maximum atomic E-state index is 5.46. The second kappa shape index (κ2) is 9.49. The van der Waals surface area contributed by atoms with Crippen LogP contribution in [-0.4, -0.2) is 32.3 Å². The number of para-hydroxylation sites is 1. The van der Waals surface area contributed by atoms with Crippen LogP contribution in [0.5, 0.6) is 11.5 Å². The molecule has 1 aromatic heterocycles. The number of rotatable bonds is 7. The van der Waals surface area contributed by atoms with Crippen molar-refractivity contribution in [2.75, 3.05) is 32.2 Å². The predicted octanol–water partition coefficient (Wildman–Crippen LogP) is 3.41. The molecule has 25 heavy (non-hydrogen) atoms. The quantitative estimate of drug-likeness (QED) is 0.816. The van der Waals surface area contributed by atoms with Crippen LogP contribution < -0.4 is 19.7 Å². The zero-order valence-electron chi connectivity index (χ0n) is 14.8. The van der Waals surface area contributed by atoms with Crippen LogP contribution in [0.25, 0.3) is 0 Å². The molecule has 1 aliphatic rings. The number of benzene rings is 1. The molecule has 1 N–H and O–H groups in total. The number of aromatic nitrogens is 1. The van der Waals surface area contributed by atoms with Gasteiger partial charge in [-0.15, -0.1) is 12.4 Å². The number of pyridine rings is 1. The van der Waals surface area contributed by atoms with Gasteiger partial charge in [0.25, 0.3) is 0 Å². The molecule has 136 valence electrons. The Morgan fingerprint density at radius 3 is 2.48 bits per heavy atom. The Kier molecular flexibility index (Phi) is 7.34. The summed E-state index contributed by atoms with van der Waals surface area (Å²) in [7, 11) is 3.32. The maximum absolute atomic E-state index is 5.46. The Bertz CT molecular complexity index is 658. The van der Waals surface area contributed by atoms with Gasteiger partial charge in [0.2, 0.25) is 0 Å². The summed E-state index contributed by atoms with van der Waals surface area (Å²) in [5.41, 5.74) is 2.26. The third kappa shape index (κ3) is 4.77. The number of ether oxygens (including phenoxy) is 2. The Hall–Kier alpha value is -1.98. The number of halogens is 1. The highest BCUT2D eigenvalue weighted by atomic mass is 35.5. The first-order chi connectivity index (χ1) is 11.8. The van der Waals surface area contributed by atoms with Crippen molar-refractivity contribution in [2.45, 2.75) is 25.9 Å². The summed E-state index contributed by atoms with van der Waals surface area (Å²) in [4.78, 5) is 6.93. The molecule has 6 heteroatoms. The van der Waals surface area contributed by atoms with Crippen molar-refractivity contribution >= 4 is 18.2 Å². The summed E-state index contributed by atoms with van der Waals surface area (Å²) in [6.45, 7) is 3.74. The van der Waals surface area contributed by atoms with Crippen molar-refractivity contribution in [3.8, 4) is 11.5 Å². The first-order valence-corrected chi connectivity index (χ1v) is 8.42. The fraction of sp³-hybridized carbons (Fsp3) is 0.421. The van der Waals surface area contributed by atoms with Crippen molar-refractivity contribution in [2.24, 2.45) is 0 Å². The summed E-state index contributed by atoms with van der Waals surface area (Å²) in [5.74, 6) is 2.63. The highest BCUT2D eigenvalue weighted by molar-refractivity contribution is 5.85. The third-order valence-electron chi connectivity index (χ3n) is 4.37. The summed E-state index contributed by atoms with van der Waals surface area (Å²) >= 11 is 0. The van der Waals surface area contributed by atoms with E-state index in [1.807, 2.05) is 24.4 Å². The van der Waals surface area contributed by atoms with Crippen molar-refractivity contribution in [3.63, 3.8) is 0 Å². The molecule has 3 rings (SSSR count). The van der Waals surface area contributed by atoms with E-state index in [0.29, 0.717) is 6.54 Å². The molecule has 1 fully saturated rings. The monoisotopic (exact) mass is 363 g/mol. The minimum absolute atomic E-state index is 0. The second-order valence-corrected chi connectivity index (χ2v) is 5.97. The molecule has 1 aromatic carbocycles. The smallest absolute Gasteiger partial charge is 0.165 e. The minimum atomic E-state index is 0. The van der Waals surface area contributed by atoms with E-state index >= 15 is 0 Å². The largest absolute Gasteiger partial charge is 0.493 e. The lowest BCUT2D eigenvalue weighted by atomic mass is 10.1. The highest BCUT2D eigenvalue weighted by Crippen LogP contribution is 2.30. The second-order valence-electron chi connectivity index (χ2n) is 5.97. The van der Waals surface area contributed by atoms with Crippen molar-refractivity contribution in [1.82, 2.24) is 10.3 Å². The standard InChI is InChI=1S/C19H25N3O2.ClH/c1-23-17-7-5-6-16(19(17)24-2)14-20-12-15-8-9-18(21-13-15)22-10-3-4-11-22;/h5-9,13,20H,3-4,10-12,14H2,1-2H3;1H. The molecule has 0 saturated carbocycles. The molecule has 0 radical (unpaired) electrons. The maximum Gasteiger partial charge on any atom is 0.165 e. The van der Waals surface area contributed by atoms with Crippen molar-refractivity contribution in [3.05, 3.63) is 47.7 Å². The molecular formula is C19H26ClN3O2. The molecule has 0 bridgehead atoms. The molecule has 1 saturated heterocycles. The average molecular weight is 364 g/mol. The summed E-state index contributed by atoms with van der Waals surface area (Å²) in [5, 5.41) is 3.44. The first-order valence-electron chi connectivity index (χ1n) is 8.42. The van der Waals surface area contributed by atoms with Gasteiger partial charge in [-0.1, -0.05) is 18.2 Å². The average Bonchev–Trinajstić information content (AvgIpc) is 3.16. The molecular weight excluding hydrogens is 338 g/mol. The lowest BCUT2D eigenvalue weighted by molar-refractivity contribution is 0.350. The molecule has 0 unspecified atom stereocenters. The molecule has 0 atom stereocenters. The number of nitrogens with zero attached hydrogens (tertiary/aromatic N) is 2. The van der Waals surface area contributed by atoms with Crippen molar-refractivity contribution < 1.29 is 9.47 Å². The van der Waals surface area contributed by atoms with Gasteiger partial charge in [-0.3, -0.25) is 0 Å². The number of hydrogen-bond donors (Lipinski definition) is 1. The van der Waals surface area contributed by atoms with Crippen molar-refractivity contribution in [1.29, 1.82) is 0 Å². The van der Waals surface area contributed by atoms with E-state index in [2.05, 4.69) is 27.3 Å². The van der Waals surface area contributed by atoms with Crippen LogP contribution in [0.2, 0.25) is 0 Å². The Morgan fingerprint density at radius 2 is 1.84 bits per heavy atom. The number of anilines is 1. The summed E-state index contributed by atoms with van der Waals surface area (Å²) in [6.07, 6.45) is 4.50. The van der Waals surface area contributed by atoms with E-state index < -0.39 is 0 Å². The van der Waals surface area contributed by atoms with E-state index in [1.54, 1.807) is 14.2 Å². The fourth-order valence-corrected chi connectivity index (χ4v) is 3.09. The number of methoxy groups -OCH3 is 2. The Balaban J connectivity index is 0.00000225. The predicted molar refractivity (Wildman–Crippen MR) is 103 cm³/mol. The van der Waals surface area contributed by atoms with Crippen LogP contribution in [0.3, 0.4) is 0 Å². The molecule has 0 aliphatic carbocycles. The van der Waals surface area contributed by atoms with Gasteiger partial charge in [0.15, 0.2) is 11.5 Å². The van der Waals surface area contributed by atoms with E-state index in [1.165, 1.54) is 18.4 Å². The normalized spacial score (nSPS) is 13.4. The van der Waals surface area contributed by atoms with Crippen LogP contribution in [0, 0.1) is 0 Å². The van der Waals surface area contributed by atoms with Gasteiger partial charge < -0.3 is 19.7 Å². The fourth-order valence-electron chi connectivity index (χ4n) is 3.09. The van der Waals surface area contributed by atoms with E-state index in [0.717, 1.165) is 42.5 Å². The van der Waals surface area contributed by atoms with Gasteiger partial charge in [0, 0.05) is 37.9 Å². The third-order valence-corrected chi connectivity index (χ3v) is 4.37. The van der Waals surface area contributed by atoms with Gasteiger partial charge in [-0.05, 0) is 30.5 Å². The lowest BCUT2D eigenvalue weighted by Crippen LogP contribution is -2.19. The summed E-state index contributed by atoms with van der Waals surface area (Å²) in [6, 6.07) is 10.2. The minimum Gasteiger partial charge on any atom is -0.493 e. The summed E-state index contributed by atoms with van der Waals surface area (Å²) < 4.78 is 10.8. The van der Waals surface area contributed by atoms with Gasteiger partial charge >= 0.3 is 0 Å². The Labute approximate surface area is 155 Å². The number of hydrogen-bond acceptors (Lipinski definition) is 5.